The van der Waals surface area contributed by atoms with Gasteiger partial charge in [0.05, 0.1) is 11.9 Å². The first kappa shape index (κ1) is 22.1. The van der Waals surface area contributed by atoms with Crippen LogP contribution in [0.15, 0.2) is 23.5 Å². The van der Waals surface area contributed by atoms with Crippen molar-refractivity contribution in [2.75, 3.05) is 0 Å². The summed E-state index contributed by atoms with van der Waals surface area (Å²) in [5.74, 6) is 3.03. The van der Waals surface area contributed by atoms with Crippen LogP contribution in [0.5, 0.6) is 0 Å². The maximum atomic E-state index is 10.5. The molecule has 3 heteroatoms. The van der Waals surface area contributed by atoms with Gasteiger partial charge in [-0.15, -0.1) is 0 Å². The van der Waals surface area contributed by atoms with Gasteiger partial charge in [0, 0.05) is 6.42 Å². The first-order valence-electron chi connectivity index (χ1n) is 11.7. The Morgan fingerprint density at radius 3 is 2.57 bits per heavy atom. The van der Waals surface area contributed by atoms with Gasteiger partial charge in [-0.3, -0.25) is 0 Å². The van der Waals surface area contributed by atoms with Crippen LogP contribution in [-0.2, 0) is 4.43 Å². The lowest BCUT2D eigenvalue weighted by atomic mass is 9.61. The topological polar surface area (TPSA) is 29.5 Å². The van der Waals surface area contributed by atoms with Crippen molar-refractivity contribution in [2.24, 2.45) is 23.2 Å². The minimum Gasteiger partial charge on any atom is -0.547 e. The minimum atomic E-state index is -1.75. The molecule has 0 radical (unpaired) electrons. The first-order valence-corrected chi connectivity index (χ1v) is 14.6. The highest BCUT2D eigenvalue weighted by molar-refractivity contribution is 6.74. The number of aliphatic hydroxyl groups is 1. The van der Waals surface area contributed by atoms with Crippen molar-refractivity contribution in [2.45, 2.75) is 110 Å². The highest BCUT2D eigenvalue weighted by atomic mass is 28.4. The predicted octanol–water partition coefficient (Wildman–Crippen LogP) is 7.22. The van der Waals surface area contributed by atoms with Crippen molar-refractivity contribution < 1.29 is 9.53 Å². The Morgan fingerprint density at radius 2 is 1.89 bits per heavy atom. The maximum Gasteiger partial charge on any atom is 0.250 e. The van der Waals surface area contributed by atoms with Crippen LogP contribution in [0, 0.1) is 23.2 Å². The van der Waals surface area contributed by atoms with Gasteiger partial charge in [0.1, 0.15) is 0 Å². The molecule has 2 saturated carbocycles. The fourth-order valence-electron chi connectivity index (χ4n) is 6.02. The number of hydrogen-bond acceptors (Lipinski definition) is 2. The Morgan fingerprint density at radius 1 is 1.18 bits per heavy atom. The molecule has 0 aromatic carbocycles. The maximum absolute atomic E-state index is 10.5. The summed E-state index contributed by atoms with van der Waals surface area (Å²) >= 11 is 0. The molecule has 0 amide bonds. The Labute approximate surface area is 175 Å². The number of rotatable bonds is 4. The van der Waals surface area contributed by atoms with Crippen LogP contribution in [-0.4, -0.2) is 19.5 Å². The van der Waals surface area contributed by atoms with E-state index in [2.05, 4.69) is 59.9 Å². The third kappa shape index (κ3) is 4.31. The lowest BCUT2D eigenvalue weighted by molar-refractivity contribution is -0.0231. The molecule has 2 fully saturated rings. The van der Waals surface area contributed by atoms with Crippen molar-refractivity contribution in [1.82, 2.24) is 0 Å². The molecule has 3 aliphatic carbocycles. The summed E-state index contributed by atoms with van der Waals surface area (Å²) in [4.78, 5) is 0. The highest BCUT2D eigenvalue weighted by Gasteiger charge is 2.51. The van der Waals surface area contributed by atoms with E-state index in [1.165, 1.54) is 49.9 Å². The van der Waals surface area contributed by atoms with Crippen LogP contribution >= 0.6 is 0 Å². The van der Waals surface area contributed by atoms with Crippen LogP contribution in [0.1, 0.15) is 86.0 Å². The molecule has 2 nitrogen and oxygen atoms in total. The number of fused-ring (bicyclic) bond motifs is 1. The van der Waals surface area contributed by atoms with Gasteiger partial charge in [-0.05, 0) is 91.5 Å². The quantitative estimate of drug-likeness (QED) is 0.501. The first-order chi connectivity index (χ1) is 12.9. The van der Waals surface area contributed by atoms with Crippen molar-refractivity contribution in [1.29, 1.82) is 0 Å². The zero-order valence-electron chi connectivity index (χ0n) is 19.5. The van der Waals surface area contributed by atoms with Crippen LogP contribution in [0.25, 0.3) is 0 Å². The highest BCUT2D eigenvalue weighted by Crippen LogP contribution is 2.58. The largest absolute Gasteiger partial charge is 0.547 e. The van der Waals surface area contributed by atoms with Crippen molar-refractivity contribution in [3.05, 3.63) is 23.5 Å². The van der Waals surface area contributed by atoms with Crippen molar-refractivity contribution in [3.8, 4) is 0 Å². The molecule has 0 aromatic rings. The summed E-state index contributed by atoms with van der Waals surface area (Å²) < 4.78 is 6.63. The molecule has 0 aliphatic heterocycles. The summed E-state index contributed by atoms with van der Waals surface area (Å²) in [6.45, 7) is 16.5. The van der Waals surface area contributed by atoms with Gasteiger partial charge in [0.2, 0.25) is 8.32 Å². The van der Waals surface area contributed by atoms with E-state index in [9.17, 15) is 5.11 Å². The lowest BCUT2D eigenvalue weighted by Gasteiger charge is -2.45. The third-order valence-corrected chi connectivity index (χ3v) is 13.1. The Balaban J connectivity index is 1.74. The van der Waals surface area contributed by atoms with Gasteiger partial charge in [-0.25, -0.2) is 0 Å². The molecule has 160 valence electrons. The molecule has 28 heavy (non-hydrogen) atoms. The molecular formula is C25H44O2Si. The number of aliphatic hydroxyl groups excluding tert-OH is 1. The van der Waals surface area contributed by atoms with Gasteiger partial charge in [0.15, 0.2) is 0 Å². The summed E-state index contributed by atoms with van der Waals surface area (Å²) in [7, 11) is -1.75. The lowest BCUT2D eigenvalue weighted by Crippen LogP contribution is -2.41. The van der Waals surface area contributed by atoms with E-state index < -0.39 is 8.32 Å². The molecule has 1 unspecified atom stereocenters. The van der Waals surface area contributed by atoms with Gasteiger partial charge in [-0.2, -0.15) is 0 Å². The number of hydrogen-bond donors (Lipinski definition) is 1. The van der Waals surface area contributed by atoms with Crippen molar-refractivity contribution in [3.63, 3.8) is 0 Å². The monoisotopic (exact) mass is 404 g/mol. The summed E-state index contributed by atoms with van der Waals surface area (Å²) in [5, 5.41) is 10.8. The Bertz CT molecular complexity index is 627. The second-order valence-electron chi connectivity index (χ2n) is 11.7. The van der Waals surface area contributed by atoms with E-state index >= 15 is 0 Å². The SMILES string of the molecule is C[C@H](/C=C1/C=C(O[Si](C)(C)C(C)(C)C)CCC1)[C@H]1CCC2[C@@H](O)CCC[C@@]21C. The van der Waals surface area contributed by atoms with E-state index in [0.29, 0.717) is 23.2 Å². The van der Waals surface area contributed by atoms with E-state index in [1.54, 1.807) is 0 Å². The van der Waals surface area contributed by atoms with Gasteiger partial charge < -0.3 is 9.53 Å². The summed E-state index contributed by atoms with van der Waals surface area (Å²) in [5.41, 5.74) is 1.81. The summed E-state index contributed by atoms with van der Waals surface area (Å²) in [6.07, 6.45) is 14.3. The molecule has 1 N–H and O–H groups in total. The van der Waals surface area contributed by atoms with Gasteiger partial charge in [-0.1, -0.05) is 47.1 Å². The van der Waals surface area contributed by atoms with E-state index in [1.807, 2.05) is 0 Å². The molecule has 0 heterocycles. The molecule has 0 spiro atoms. The molecule has 3 rings (SSSR count). The summed E-state index contributed by atoms with van der Waals surface area (Å²) in [6, 6.07) is 0. The van der Waals surface area contributed by atoms with E-state index in [0.717, 1.165) is 12.8 Å². The zero-order chi connectivity index (χ0) is 20.7. The normalized spacial score (nSPS) is 36.8. The molecular weight excluding hydrogens is 360 g/mol. The fraction of sp³-hybridized carbons (Fsp3) is 0.840. The second kappa shape index (κ2) is 7.94. The molecule has 5 atom stereocenters. The molecule has 0 aromatic heterocycles. The Hall–Kier alpha value is -0.543. The predicted molar refractivity (Wildman–Crippen MR) is 122 cm³/mol. The molecule has 3 aliphatic rings. The fourth-order valence-corrected chi connectivity index (χ4v) is 7.14. The molecule has 0 saturated heterocycles. The zero-order valence-corrected chi connectivity index (χ0v) is 20.5. The van der Waals surface area contributed by atoms with Gasteiger partial charge >= 0.3 is 0 Å². The van der Waals surface area contributed by atoms with E-state index in [-0.39, 0.29) is 11.1 Å². The van der Waals surface area contributed by atoms with Crippen LogP contribution in [0.4, 0.5) is 0 Å². The standard InChI is InChI=1S/C25H44O2Si/c1-18(21-13-14-22-23(26)12-9-15-25(21,22)5)16-19-10-8-11-20(17-19)27-28(6,7)24(2,3)4/h16-18,21-23,26H,8-15H2,1-7H3/b19-16+/t18-,21-,22?,23+,25-/m1/s1. The minimum absolute atomic E-state index is 0.0669. The average molecular weight is 405 g/mol. The molecule has 0 bridgehead atoms. The second-order valence-corrected chi connectivity index (χ2v) is 16.4. The smallest absolute Gasteiger partial charge is 0.250 e. The average Bonchev–Trinajstić information content (AvgIpc) is 2.92. The van der Waals surface area contributed by atoms with Gasteiger partial charge in [0.25, 0.3) is 0 Å². The van der Waals surface area contributed by atoms with E-state index in [4.69, 9.17) is 4.43 Å². The number of allylic oxidation sites excluding steroid dienone is 4. The van der Waals surface area contributed by atoms with Crippen LogP contribution in [0.3, 0.4) is 0 Å². The van der Waals surface area contributed by atoms with Crippen molar-refractivity contribution >= 4 is 8.32 Å². The van der Waals surface area contributed by atoms with Crippen LogP contribution < -0.4 is 0 Å². The Kier molecular flexibility index (Phi) is 6.28. The third-order valence-electron chi connectivity index (χ3n) is 8.70. The van der Waals surface area contributed by atoms with Crippen LogP contribution in [0.2, 0.25) is 18.1 Å².